The highest BCUT2D eigenvalue weighted by molar-refractivity contribution is 5.75. The first-order valence-electron chi connectivity index (χ1n) is 4.14. The van der Waals surface area contributed by atoms with Gasteiger partial charge in [-0.15, -0.1) is 0 Å². The summed E-state index contributed by atoms with van der Waals surface area (Å²) in [5.74, 6) is 0. The molecule has 0 aliphatic heterocycles. The third-order valence-electron chi connectivity index (χ3n) is 2.14. The predicted molar refractivity (Wildman–Crippen MR) is 47.5 cm³/mol. The lowest BCUT2D eigenvalue weighted by Crippen LogP contribution is -2.39. The van der Waals surface area contributed by atoms with Crippen LogP contribution in [-0.4, -0.2) is 17.6 Å². The average molecular weight is 218 g/mol. The zero-order chi connectivity index (χ0) is 11.7. The number of aldehydes is 1. The molecule has 1 N–H and O–H groups in total. The van der Waals surface area contributed by atoms with Crippen LogP contribution < -0.4 is 0 Å². The van der Waals surface area contributed by atoms with E-state index in [1.807, 2.05) is 0 Å². The first-order valence-corrected chi connectivity index (χ1v) is 4.14. The van der Waals surface area contributed by atoms with Crippen LogP contribution in [-0.2, 0) is 5.60 Å². The van der Waals surface area contributed by atoms with E-state index in [4.69, 9.17) is 0 Å². The predicted octanol–water partition coefficient (Wildman–Crippen LogP) is 2.27. The van der Waals surface area contributed by atoms with Gasteiger partial charge in [0.2, 0.25) is 0 Å². The van der Waals surface area contributed by atoms with E-state index in [0.29, 0.717) is 13.2 Å². The number of aliphatic hydroxyl groups is 1. The Morgan fingerprint density at radius 1 is 1.33 bits per heavy atom. The van der Waals surface area contributed by atoms with Crippen molar-refractivity contribution in [1.29, 1.82) is 0 Å². The summed E-state index contributed by atoms with van der Waals surface area (Å²) in [6.07, 6.45) is -4.34. The molecule has 0 heterocycles. The topological polar surface area (TPSA) is 37.3 Å². The maximum absolute atomic E-state index is 12.4. The number of hydrogen-bond donors (Lipinski definition) is 1. The lowest BCUT2D eigenvalue weighted by molar-refractivity contribution is -0.258. The van der Waals surface area contributed by atoms with Gasteiger partial charge < -0.3 is 5.11 Å². The number of alkyl halides is 3. The van der Waals surface area contributed by atoms with Crippen LogP contribution in [0.5, 0.6) is 0 Å². The number of carbonyl (C=O) groups is 1. The Kier molecular flexibility index (Phi) is 2.86. The van der Waals surface area contributed by atoms with Gasteiger partial charge in [0.25, 0.3) is 0 Å². The van der Waals surface area contributed by atoms with Crippen molar-refractivity contribution >= 4 is 6.29 Å². The zero-order valence-electron chi connectivity index (χ0n) is 7.88. The minimum Gasteiger partial charge on any atom is -0.376 e. The Morgan fingerprint density at radius 2 is 1.93 bits per heavy atom. The van der Waals surface area contributed by atoms with Gasteiger partial charge in [0, 0.05) is 5.56 Å². The van der Waals surface area contributed by atoms with E-state index in [1.165, 1.54) is 12.1 Å². The van der Waals surface area contributed by atoms with Crippen LogP contribution in [0.2, 0.25) is 0 Å². The van der Waals surface area contributed by atoms with Gasteiger partial charge in [0.05, 0.1) is 0 Å². The van der Waals surface area contributed by atoms with E-state index in [2.05, 4.69) is 0 Å². The molecular weight excluding hydrogens is 209 g/mol. The summed E-state index contributed by atoms with van der Waals surface area (Å²) in [4.78, 5) is 10.4. The normalized spacial score (nSPS) is 15.8. The molecule has 1 aromatic rings. The van der Waals surface area contributed by atoms with Crippen molar-refractivity contribution in [3.8, 4) is 0 Å². The molecule has 0 radical (unpaired) electrons. The minimum atomic E-state index is -4.77. The van der Waals surface area contributed by atoms with Crippen molar-refractivity contribution in [3.63, 3.8) is 0 Å². The van der Waals surface area contributed by atoms with E-state index in [-0.39, 0.29) is 11.1 Å². The Labute approximate surface area is 84.3 Å². The van der Waals surface area contributed by atoms with Crippen LogP contribution in [0.1, 0.15) is 22.8 Å². The van der Waals surface area contributed by atoms with E-state index < -0.39 is 11.8 Å². The molecule has 2 nitrogen and oxygen atoms in total. The summed E-state index contributed by atoms with van der Waals surface area (Å²) in [5.41, 5.74) is -3.19. The van der Waals surface area contributed by atoms with Crippen LogP contribution in [0.3, 0.4) is 0 Å². The van der Waals surface area contributed by atoms with Crippen molar-refractivity contribution in [2.24, 2.45) is 0 Å². The Balaban J connectivity index is 3.21. The van der Waals surface area contributed by atoms with Crippen LogP contribution in [0.4, 0.5) is 13.2 Å². The van der Waals surface area contributed by atoms with E-state index in [0.717, 1.165) is 12.1 Å². The fraction of sp³-hybridized carbons (Fsp3) is 0.300. The second-order valence-corrected chi connectivity index (χ2v) is 3.31. The van der Waals surface area contributed by atoms with Gasteiger partial charge >= 0.3 is 6.18 Å². The Bertz CT molecular complexity index is 369. The van der Waals surface area contributed by atoms with Crippen molar-refractivity contribution in [3.05, 3.63) is 35.4 Å². The Hall–Kier alpha value is -1.36. The molecule has 0 saturated carbocycles. The van der Waals surface area contributed by atoms with Crippen LogP contribution >= 0.6 is 0 Å². The fourth-order valence-electron chi connectivity index (χ4n) is 1.08. The molecule has 15 heavy (non-hydrogen) atoms. The average Bonchev–Trinajstić information content (AvgIpc) is 2.16. The summed E-state index contributed by atoms with van der Waals surface area (Å²) in [7, 11) is 0. The SMILES string of the molecule is CC(O)(c1cccc(C=O)c1)C(F)(F)F. The lowest BCUT2D eigenvalue weighted by Gasteiger charge is -2.26. The van der Waals surface area contributed by atoms with E-state index in [1.54, 1.807) is 0 Å². The van der Waals surface area contributed by atoms with Crippen molar-refractivity contribution in [2.75, 3.05) is 0 Å². The molecule has 1 unspecified atom stereocenters. The number of benzene rings is 1. The number of carbonyl (C=O) groups excluding carboxylic acids is 1. The first-order chi connectivity index (χ1) is 6.79. The van der Waals surface area contributed by atoms with Crippen molar-refractivity contribution in [2.45, 2.75) is 18.7 Å². The number of hydrogen-bond acceptors (Lipinski definition) is 2. The molecule has 0 spiro atoms. The van der Waals surface area contributed by atoms with Gasteiger partial charge in [0.1, 0.15) is 6.29 Å². The maximum atomic E-state index is 12.4. The molecule has 1 aromatic carbocycles. The highest BCUT2D eigenvalue weighted by Crippen LogP contribution is 2.38. The van der Waals surface area contributed by atoms with Gasteiger partial charge in [0.15, 0.2) is 5.60 Å². The zero-order valence-corrected chi connectivity index (χ0v) is 7.88. The number of rotatable bonds is 2. The third-order valence-corrected chi connectivity index (χ3v) is 2.14. The maximum Gasteiger partial charge on any atom is 0.421 e. The van der Waals surface area contributed by atoms with Gasteiger partial charge in [-0.3, -0.25) is 4.79 Å². The molecule has 0 fully saturated rings. The molecular formula is C10H9F3O2. The second kappa shape index (κ2) is 3.66. The standard InChI is InChI=1S/C10H9F3O2/c1-9(15,10(11,12)13)8-4-2-3-7(5-8)6-14/h2-6,15H,1H3. The summed E-state index contributed by atoms with van der Waals surface area (Å²) in [6.45, 7) is 0.650. The van der Waals surface area contributed by atoms with Crippen LogP contribution in [0.15, 0.2) is 24.3 Å². The summed E-state index contributed by atoms with van der Waals surface area (Å²) in [6, 6.07) is 4.79. The summed E-state index contributed by atoms with van der Waals surface area (Å²) in [5, 5.41) is 9.30. The molecule has 0 saturated heterocycles. The van der Waals surface area contributed by atoms with E-state index in [9.17, 15) is 23.1 Å². The number of halogens is 3. The van der Waals surface area contributed by atoms with Gasteiger partial charge in [-0.1, -0.05) is 18.2 Å². The van der Waals surface area contributed by atoms with E-state index >= 15 is 0 Å². The highest BCUT2D eigenvalue weighted by atomic mass is 19.4. The van der Waals surface area contributed by atoms with Gasteiger partial charge in [-0.05, 0) is 18.6 Å². The van der Waals surface area contributed by atoms with Crippen molar-refractivity contribution < 1.29 is 23.1 Å². The van der Waals surface area contributed by atoms with Crippen molar-refractivity contribution in [1.82, 2.24) is 0 Å². The molecule has 0 aliphatic rings. The minimum absolute atomic E-state index is 0.0945. The van der Waals surface area contributed by atoms with Gasteiger partial charge in [-0.2, -0.15) is 13.2 Å². The summed E-state index contributed by atoms with van der Waals surface area (Å²) >= 11 is 0. The van der Waals surface area contributed by atoms with Crippen LogP contribution in [0.25, 0.3) is 0 Å². The highest BCUT2D eigenvalue weighted by Gasteiger charge is 2.51. The lowest BCUT2D eigenvalue weighted by atomic mass is 9.94. The molecule has 1 rings (SSSR count). The Morgan fingerprint density at radius 3 is 2.40 bits per heavy atom. The largest absolute Gasteiger partial charge is 0.421 e. The van der Waals surface area contributed by atoms with Crippen LogP contribution in [0, 0.1) is 0 Å². The van der Waals surface area contributed by atoms with Gasteiger partial charge in [-0.25, -0.2) is 0 Å². The molecule has 0 bridgehead atoms. The fourth-order valence-corrected chi connectivity index (χ4v) is 1.08. The smallest absolute Gasteiger partial charge is 0.376 e. The monoisotopic (exact) mass is 218 g/mol. The first kappa shape index (κ1) is 11.7. The molecule has 0 aromatic heterocycles. The quantitative estimate of drug-likeness (QED) is 0.773. The molecule has 0 amide bonds. The third kappa shape index (κ3) is 2.18. The second-order valence-electron chi connectivity index (χ2n) is 3.31. The molecule has 82 valence electrons. The summed E-state index contributed by atoms with van der Waals surface area (Å²) < 4.78 is 37.2. The molecule has 1 atom stereocenters. The molecule has 5 heteroatoms. The molecule has 0 aliphatic carbocycles.